The standard InChI is InChI=1S/C22H30N2O3/c1-2-27-21-9-7-18(8-10-21)15-24-13-12-23(17-20(24)11-14-25)16-19-5-3-4-6-22(19)26/h3-10,20,25-26H,2,11-17H2,1H3/t20-/m0/s1. The van der Waals surface area contributed by atoms with Crippen molar-refractivity contribution < 1.29 is 14.9 Å². The molecule has 1 fully saturated rings. The second kappa shape index (κ2) is 9.74. The van der Waals surface area contributed by atoms with Crippen LogP contribution >= 0.6 is 0 Å². The van der Waals surface area contributed by atoms with Gasteiger partial charge in [-0.2, -0.15) is 0 Å². The molecule has 1 saturated heterocycles. The van der Waals surface area contributed by atoms with Gasteiger partial charge in [-0.15, -0.1) is 0 Å². The minimum absolute atomic E-state index is 0.189. The van der Waals surface area contributed by atoms with E-state index in [0.29, 0.717) is 18.4 Å². The van der Waals surface area contributed by atoms with Gasteiger partial charge in [0.25, 0.3) is 0 Å². The van der Waals surface area contributed by atoms with Crippen LogP contribution in [0.15, 0.2) is 48.5 Å². The van der Waals surface area contributed by atoms with Crippen molar-refractivity contribution in [2.75, 3.05) is 32.8 Å². The van der Waals surface area contributed by atoms with E-state index in [1.54, 1.807) is 6.07 Å². The van der Waals surface area contributed by atoms with Crippen LogP contribution in [0.2, 0.25) is 0 Å². The van der Waals surface area contributed by atoms with Gasteiger partial charge in [-0.25, -0.2) is 0 Å². The Morgan fingerprint density at radius 2 is 1.81 bits per heavy atom. The maximum absolute atomic E-state index is 10.0. The average molecular weight is 370 g/mol. The van der Waals surface area contributed by atoms with Crippen molar-refractivity contribution in [3.05, 3.63) is 59.7 Å². The zero-order valence-electron chi connectivity index (χ0n) is 16.1. The SMILES string of the molecule is CCOc1ccc(CN2CCN(Cc3ccccc3O)C[C@@H]2CCO)cc1. The van der Waals surface area contributed by atoms with Crippen LogP contribution in [0.5, 0.6) is 11.5 Å². The largest absolute Gasteiger partial charge is 0.508 e. The first-order chi connectivity index (χ1) is 13.2. The summed E-state index contributed by atoms with van der Waals surface area (Å²) in [4.78, 5) is 4.82. The number of phenols is 1. The molecule has 0 amide bonds. The summed E-state index contributed by atoms with van der Waals surface area (Å²) in [6.45, 7) is 7.27. The lowest BCUT2D eigenvalue weighted by Crippen LogP contribution is -2.52. The average Bonchev–Trinajstić information content (AvgIpc) is 2.68. The molecule has 2 aromatic carbocycles. The van der Waals surface area contributed by atoms with E-state index in [0.717, 1.165) is 50.5 Å². The second-order valence-corrected chi connectivity index (χ2v) is 7.08. The monoisotopic (exact) mass is 370 g/mol. The molecule has 0 aromatic heterocycles. The van der Waals surface area contributed by atoms with Crippen molar-refractivity contribution in [2.24, 2.45) is 0 Å². The second-order valence-electron chi connectivity index (χ2n) is 7.08. The summed E-state index contributed by atoms with van der Waals surface area (Å²) >= 11 is 0. The molecule has 0 bridgehead atoms. The van der Waals surface area contributed by atoms with E-state index in [4.69, 9.17) is 4.74 Å². The third-order valence-electron chi connectivity index (χ3n) is 5.16. The molecule has 2 aromatic rings. The van der Waals surface area contributed by atoms with E-state index in [1.807, 2.05) is 37.3 Å². The predicted molar refractivity (Wildman–Crippen MR) is 107 cm³/mol. The quantitative estimate of drug-likeness (QED) is 0.748. The minimum Gasteiger partial charge on any atom is -0.508 e. The molecule has 0 unspecified atom stereocenters. The minimum atomic E-state index is 0.189. The number of para-hydroxylation sites is 1. The van der Waals surface area contributed by atoms with Crippen LogP contribution in [-0.2, 0) is 13.1 Å². The van der Waals surface area contributed by atoms with E-state index in [-0.39, 0.29) is 6.61 Å². The number of aromatic hydroxyl groups is 1. The first kappa shape index (κ1) is 19.7. The summed E-state index contributed by atoms with van der Waals surface area (Å²) in [7, 11) is 0. The topological polar surface area (TPSA) is 56.2 Å². The van der Waals surface area contributed by atoms with E-state index < -0.39 is 0 Å². The highest BCUT2D eigenvalue weighted by Gasteiger charge is 2.27. The number of hydrogen-bond donors (Lipinski definition) is 2. The van der Waals surface area contributed by atoms with Crippen LogP contribution in [0.4, 0.5) is 0 Å². The molecule has 0 radical (unpaired) electrons. The van der Waals surface area contributed by atoms with E-state index in [9.17, 15) is 10.2 Å². The van der Waals surface area contributed by atoms with Gasteiger partial charge in [0, 0.05) is 50.9 Å². The number of benzene rings is 2. The normalized spacial score (nSPS) is 18.5. The smallest absolute Gasteiger partial charge is 0.120 e. The van der Waals surface area contributed by atoms with E-state index >= 15 is 0 Å². The Kier molecular flexibility index (Phi) is 7.10. The Balaban J connectivity index is 1.61. The fourth-order valence-corrected chi connectivity index (χ4v) is 3.71. The Morgan fingerprint density at radius 3 is 2.52 bits per heavy atom. The van der Waals surface area contributed by atoms with Crippen molar-refractivity contribution in [1.29, 1.82) is 0 Å². The molecule has 0 aliphatic carbocycles. The van der Waals surface area contributed by atoms with Crippen molar-refractivity contribution in [3.63, 3.8) is 0 Å². The zero-order chi connectivity index (χ0) is 19.1. The highest BCUT2D eigenvalue weighted by Crippen LogP contribution is 2.22. The van der Waals surface area contributed by atoms with Gasteiger partial charge in [-0.05, 0) is 37.1 Å². The molecule has 5 heteroatoms. The molecule has 1 atom stereocenters. The molecule has 1 aliphatic rings. The van der Waals surface area contributed by atoms with Gasteiger partial charge in [0.2, 0.25) is 0 Å². The Labute approximate surface area is 161 Å². The van der Waals surface area contributed by atoms with Gasteiger partial charge < -0.3 is 14.9 Å². The maximum atomic E-state index is 10.0. The van der Waals surface area contributed by atoms with Gasteiger partial charge in [-0.3, -0.25) is 9.80 Å². The van der Waals surface area contributed by atoms with E-state index in [1.165, 1.54) is 5.56 Å². The summed E-state index contributed by atoms with van der Waals surface area (Å²) in [5.74, 6) is 1.26. The van der Waals surface area contributed by atoms with Crippen molar-refractivity contribution in [2.45, 2.75) is 32.5 Å². The van der Waals surface area contributed by atoms with Crippen molar-refractivity contribution >= 4 is 0 Å². The molecule has 0 saturated carbocycles. The van der Waals surface area contributed by atoms with E-state index in [2.05, 4.69) is 21.9 Å². The van der Waals surface area contributed by atoms with Crippen LogP contribution in [0.25, 0.3) is 0 Å². The molecule has 3 rings (SSSR count). The highest BCUT2D eigenvalue weighted by atomic mass is 16.5. The summed E-state index contributed by atoms with van der Waals surface area (Å²) in [6, 6.07) is 16.1. The fourth-order valence-electron chi connectivity index (χ4n) is 3.71. The third kappa shape index (κ3) is 5.45. The first-order valence-corrected chi connectivity index (χ1v) is 9.75. The third-order valence-corrected chi connectivity index (χ3v) is 5.16. The first-order valence-electron chi connectivity index (χ1n) is 9.75. The van der Waals surface area contributed by atoms with Gasteiger partial charge in [0.05, 0.1) is 6.61 Å². The zero-order valence-corrected chi connectivity index (χ0v) is 16.1. The Morgan fingerprint density at radius 1 is 1.04 bits per heavy atom. The molecule has 27 heavy (non-hydrogen) atoms. The van der Waals surface area contributed by atoms with Crippen molar-refractivity contribution in [1.82, 2.24) is 9.80 Å². The molecule has 5 nitrogen and oxygen atoms in total. The summed E-state index contributed by atoms with van der Waals surface area (Å²) < 4.78 is 5.52. The Bertz CT molecular complexity index is 705. The molecule has 2 N–H and O–H groups in total. The molecule has 1 heterocycles. The van der Waals surface area contributed by atoms with Gasteiger partial charge in [0.1, 0.15) is 11.5 Å². The van der Waals surface area contributed by atoms with Gasteiger partial charge >= 0.3 is 0 Å². The lowest BCUT2D eigenvalue weighted by Gasteiger charge is -2.41. The fraction of sp³-hybridized carbons (Fsp3) is 0.455. The predicted octanol–water partition coefficient (Wildman–Crippen LogP) is 2.86. The molecular formula is C22H30N2O3. The number of aliphatic hydroxyl groups excluding tert-OH is 1. The number of nitrogens with zero attached hydrogens (tertiary/aromatic N) is 2. The summed E-state index contributed by atoms with van der Waals surface area (Å²) in [5.41, 5.74) is 2.22. The van der Waals surface area contributed by atoms with Crippen LogP contribution in [-0.4, -0.2) is 58.9 Å². The van der Waals surface area contributed by atoms with Crippen LogP contribution in [0, 0.1) is 0 Å². The number of aliphatic hydroxyl groups is 1. The molecular weight excluding hydrogens is 340 g/mol. The number of piperazine rings is 1. The molecule has 1 aliphatic heterocycles. The molecule has 0 spiro atoms. The molecule has 146 valence electrons. The number of ether oxygens (including phenoxy) is 1. The van der Waals surface area contributed by atoms with Crippen LogP contribution in [0.1, 0.15) is 24.5 Å². The van der Waals surface area contributed by atoms with Gasteiger partial charge in [0.15, 0.2) is 0 Å². The lowest BCUT2D eigenvalue weighted by atomic mass is 10.1. The summed E-state index contributed by atoms with van der Waals surface area (Å²) in [5, 5.41) is 19.5. The number of hydrogen-bond acceptors (Lipinski definition) is 5. The van der Waals surface area contributed by atoms with Crippen molar-refractivity contribution in [3.8, 4) is 11.5 Å². The van der Waals surface area contributed by atoms with Crippen LogP contribution in [0.3, 0.4) is 0 Å². The van der Waals surface area contributed by atoms with Gasteiger partial charge in [-0.1, -0.05) is 30.3 Å². The highest BCUT2D eigenvalue weighted by molar-refractivity contribution is 5.31. The summed E-state index contributed by atoms with van der Waals surface area (Å²) in [6.07, 6.45) is 0.758. The lowest BCUT2D eigenvalue weighted by molar-refractivity contribution is 0.0496. The number of phenolic OH excluding ortho intramolecular Hbond substituents is 1. The number of rotatable bonds is 8. The Hall–Kier alpha value is -2.08. The van der Waals surface area contributed by atoms with Crippen LogP contribution < -0.4 is 4.74 Å². The maximum Gasteiger partial charge on any atom is 0.120 e.